The van der Waals surface area contributed by atoms with Crippen LogP contribution in [0.2, 0.25) is 0 Å². The summed E-state index contributed by atoms with van der Waals surface area (Å²) in [5, 5.41) is 1.84. The number of nitrogens with zero attached hydrogens (tertiary/aromatic N) is 6. The molecular weight excluding hydrogens is 1130 g/mol. The number of ether oxygens (including phenoxy) is 2. The van der Waals surface area contributed by atoms with Gasteiger partial charge in [-0.15, -0.1) is 71.8 Å². The third-order valence-electron chi connectivity index (χ3n) is 11.8. The van der Waals surface area contributed by atoms with Gasteiger partial charge in [-0.2, -0.15) is 22.9 Å². The largest absolute Gasteiger partial charge is 2.00 e. The van der Waals surface area contributed by atoms with Gasteiger partial charge in [-0.3, -0.25) is 0 Å². The maximum Gasteiger partial charge on any atom is 2.00 e. The van der Waals surface area contributed by atoms with Crippen molar-refractivity contribution >= 4 is 21.8 Å². The molecule has 0 aliphatic heterocycles. The van der Waals surface area contributed by atoms with Gasteiger partial charge in [0, 0.05) is 46.5 Å². The van der Waals surface area contributed by atoms with Crippen LogP contribution in [0.3, 0.4) is 0 Å². The van der Waals surface area contributed by atoms with Crippen molar-refractivity contribution in [1.82, 2.24) is 29.5 Å². The molecule has 10 rings (SSSR count). The summed E-state index contributed by atoms with van der Waals surface area (Å²) in [5.41, 5.74) is 14.2. The van der Waals surface area contributed by atoms with Gasteiger partial charge in [0.25, 0.3) is 0 Å². The van der Waals surface area contributed by atoms with Crippen LogP contribution in [0.1, 0.15) is 49.9 Å². The van der Waals surface area contributed by atoms with Crippen LogP contribution in [0.25, 0.3) is 72.5 Å². The average Bonchev–Trinajstić information content (AvgIpc) is 3.65. The van der Waals surface area contributed by atoms with Crippen molar-refractivity contribution in [2.45, 2.75) is 54.4 Å². The summed E-state index contributed by atoms with van der Waals surface area (Å²) in [5.74, 6) is 3.71. The SMILES string of the molecule is Cc1cc(-c2[c-]c(Oc3[c-]c4c(cc3)c3ccc(Oc5[c-]c(-c6cc(C)c(-c7ccc(CC(C)C)cc7)cn6)ccc5)[c-]c3n4-c3ncncn3)ccc2)ncc1-c1ccc(CC(C)C)cc1.[Pd+2].[Pt+2]. The fourth-order valence-electron chi connectivity index (χ4n) is 8.64. The average molecular weight is 1170 g/mol. The minimum absolute atomic E-state index is 0. The molecule has 69 heavy (non-hydrogen) atoms. The predicted octanol–water partition coefficient (Wildman–Crippen LogP) is 14.2. The quantitative estimate of drug-likeness (QED) is 0.0839. The first-order chi connectivity index (χ1) is 32.6. The molecule has 0 aliphatic carbocycles. The Morgan fingerprint density at radius 1 is 0.507 bits per heavy atom. The summed E-state index contributed by atoms with van der Waals surface area (Å²) >= 11 is 0. The van der Waals surface area contributed by atoms with Crippen LogP contribution < -0.4 is 9.47 Å². The molecule has 346 valence electrons. The van der Waals surface area contributed by atoms with E-state index >= 15 is 0 Å². The molecule has 0 atom stereocenters. The molecule has 10 aromatic rings. The summed E-state index contributed by atoms with van der Waals surface area (Å²) in [7, 11) is 0. The van der Waals surface area contributed by atoms with Crippen LogP contribution in [0.5, 0.6) is 23.0 Å². The summed E-state index contributed by atoms with van der Waals surface area (Å²) in [6.45, 7) is 13.2. The minimum Gasteiger partial charge on any atom is -0.503 e. The smallest absolute Gasteiger partial charge is 0.503 e. The number of rotatable bonds is 13. The molecule has 0 saturated carbocycles. The molecule has 0 bridgehead atoms. The first-order valence-corrected chi connectivity index (χ1v) is 22.7. The van der Waals surface area contributed by atoms with Crippen molar-refractivity contribution in [2.75, 3.05) is 0 Å². The fraction of sp³-hybridized carbons (Fsp3) is 0.169. The maximum atomic E-state index is 6.45. The predicted molar refractivity (Wildman–Crippen MR) is 266 cm³/mol. The van der Waals surface area contributed by atoms with E-state index in [1.165, 1.54) is 23.8 Å². The van der Waals surface area contributed by atoms with Crippen molar-refractivity contribution in [3.63, 3.8) is 0 Å². The number of hydrogen-bond acceptors (Lipinski definition) is 7. The van der Waals surface area contributed by atoms with E-state index < -0.39 is 0 Å². The maximum absolute atomic E-state index is 6.45. The Morgan fingerprint density at radius 2 is 0.928 bits per heavy atom. The Kier molecular flexibility index (Phi) is 15.1. The zero-order valence-corrected chi connectivity index (χ0v) is 42.9. The number of aromatic nitrogens is 6. The third-order valence-corrected chi connectivity index (χ3v) is 11.8. The van der Waals surface area contributed by atoms with E-state index in [0.717, 1.165) is 79.5 Å². The molecule has 0 radical (unpaired) electrons. The molecule has 0 amide bonds. The Bertz CT molecular complexity index is 3190. The van der Waals surface area contributed by atoms with Gasteiger partial charge in [-0.05, 0) is 83.3 Å². The van der Waals surface area contributed by atoms with Crippen LogP contribution in [-0.4, -0.2) is 29.5 Å². The minimum atomic E-state index is 0. The second-order valence-electron chi connectivity index (χ2n) is 17.9. The second kappa shape index (κ2) is 21.3. The Morgan fingerprint density at radius 3 is 1.33 bits per heavy atom. The van der Waals surface area contributed by atoms with Crippen molar-refractivity contribution < 1.29 is 51.0 Å². The molecule has 0 N–H and O–H groups in total. The van der Waals surface area contributed by atoms with Gasteiger partial charge in [0.1, 0.15) is 12.7 Å². The summed E-state index contributed by atoms with van der Waals surface area (Å²) in [6.07, 6.45) is 8.96. The first kappa shape index (κ1) is 48.8. The standard InChI is InChI=1S/C59H48N6O2.Pd.Pt/c1-37(2)25-41-13-17-43(18-14-41)53-33-61-55(27-39(53)5)45-9-7-11-47(29-45)66-49-21-23-51-52-24-22-50(32-58(52)65(57(51)31-49)59-63-35-60-36-64-59)67-48-12-8-10-46(30-48)56-28-40(6)54(34-62-56)44-19-15-42(16-20-44)26-38(3)4;;/h7-24,27-28,33-38H,25-26H2,1-6H3;;/q-4;2*+2. The van der Waals surface area contributed by atoms with Gasteiger partial charge in [0.15, 0.2) is 0 Å². The third kappa shape index (κ3) is 10.8. The molecule has 10 heteroatoms. The Hall–Kier alpha value is -6.62. The van der Waals surface area contributed by atoms with E-state index in [0.29, 0.717) is 51.8 Å². The van der Waals surface area contributed by atoms with Crippen LogP contribution in [0.15, 0.2) is 146 Å². The molecule has 4 heterocycles. The van der Waals surface area contributed by atoms with Gasteiger partial charge in [0.05, 0.1) is 0 Å². The molecule has 0 saturated heterocycles. The summed E-state index contributed by atoms with van der Waals surface area (Å²) in [6, 6.07) is 55.1. The van der Waals surface area contributed by atoms with E-state index in [1.54, 1.807) is 0 Å². The molecule has 0 aliphatic rings. The van der Waals surface area contributed by atoms with E-state index in [2.05, 4.69) is 141 Å². The second-order valence-corrected chi connectivity index (χ2v) is 17.9. The van der Waals surface area contributed by atoms with Gasteiger partial charge in [0.2, 0.25) is 5.95 Å². The van der Waals surface area contributed by atoms with Gasteiger partial charge in [-0.25, -0.2) is 15.0 Å². The molecule has 0 fully saturated rings. The van der Waals surface area contributed by atoms with Gasteiger partial charge >= 0.3 is 41.5 Å². The van der Waals surface area contributed by atoms with Crippen LogP contribution in [0, 0.1) is 49.9 Å². The number of benzene rings is 6. The number of hydrogen-bond donors (Lipinski definition) is 0. The molecule has 4 aromatic heterocycles. The number of pyridine rings is 2. The van der Waals surface area contributed by atoms with Crippen molar-refractivity contribution in [2.24, 2.45) is 11.8 Å². The molecular formula is C59H48N6O2PdPt. The van der Waals surface area contributed by atoms with E-state index in [4.69, 9.17) is 19.4 Å². The fourth-order valence-corrected chi connectivity index (χ4v) is 8.64. The summed E-state index contributed by atoms with van der Waals surface area (Å²) < 4.78 is 14.8. The zero-order chi connectivity index (χ0) is 46.0. The molecule has 0 spiro atoms. The zero-order valence-electron chi connectivity index (χ0n) is 39.1. The van der Waals surface area contributed by atoms with Crippen LogP contribution >= 0.6 is 0 Å². The van der Waals surface area contributed by atoms with E-state index in [1.807, 2.05) is 77.6 Å². The van der Waals surface area contributed by atoms with Gasteiger partial charge < -0.3 is 24.0 Å². The number of fused-ring (bicyclic) bond motifs is 3. The number of aryl methyl sites for hydroxylation is 2. The van der Waals surface area contributed by atoms with Crippen molar-refractivity contribution in [1.29, 1.82) is 0 Å². The monoisotopic (exact) mass is 1170 g/mol. The molecule has 6 aromatic carbocycles. The molecule has 8 nitrogen and oxygen atoms in total. The van der Waals surface area contributed by atoms with Crippen LogP contribution in [0.4, 0.5) is 0 Å². The van der Waals surface area contributed by atoms with Crippen LogP contribution in [-0.2, 0) is 54.3 Å². The topological polar surface area (TPSA) is 87.8 Å². The Balaban J connectivity index is 0.00000321. The van der Waals surface area contributed by atoms with E-state index in [9.17, 15) is 0 Å². The summed E-state index contributed by atoms with van der Waals surface area (Å²) in [4.78, 5) is 22.8. The van der Waals surface area contributed by atoms with Crippen molar-refractivity contribution in [3.8, 4) is 73.7 Å². The van der Waals surface area contributed by atoms with Crippen molar-refractivity contribution in [3.05, 3.63) is 193 Å². The van der Waals surface area contributed by atoms with Gasteiger partial charge in [-0.1, -0.05) is 112 Å². The first-order valence-electron chi connectivity index (χ1n) is 22.7. The molecule has 0 unspecified atom stereocenters. The van der Waals surface area contributed by atoms with E-state index in [-0.39, 0.29) is 41.5 Å². The Labute approximate surface area is 432 Å². The normalized spacial score (nSPS) is 11.2.